The molecule has 1 heterocycles. The molecular formula is C12H17BrNO+. The molecule has 1 aromatic carbocycles. The lowest BCUT2D eigenvalue weighted by Crippen LogP contribution is -3.10. The van der Waals surface area contributed by atoms with Crippen LogP contribution in [0.15, 0.2) is 28.7 Å². The first-order valence-electron chi connectivity index (χ1n) is 5.56. The first-order chi connectivity index (χ1) is 7.34. The summed E-state index contributed by atoms with van der Waals surface area (Å²) in [5.41, 5.74) is 0. The van der Waals surface area contributed by atoms with E-state index in [9.17, 15) is 0 Å². The van der Waals surface area contributed by atoms with Gasteiger partial charge in [0.25, 0.3) is 0 Å². The molecule has 0 atom stereocenters. The van der Waals surface area contributed by atoms with E-state index in [0.717, 1.165) is 23.4 Å². The third-order valence-corrected chi connectivity index (χ3v) is 3.38. The molecule has 1 aliphatic rings. The van der Waals surface area contributed by atoms with Crippen LogP contribution in [-0.4, -0.2) is 26.2 Å². The van der Waals surface area contributed by atoms with Gasteiger partial charge in [0.2, 0.25) is 0 Å². The van der Waals surface area contributed by atoms with E-state index in [0.29, 0.717) is 0 Å². The zero-order valence-corrected chi connectivity index (χ0v) is 10.4. The predicted molar refractivity (Wildman–Crippen MR) is 64.4 cm³/mol. The monoisotopic (exact) mass is 270 g/mol. The second-order valence-corrected chi connectivity index (χ2v) is 4.93. The maximum Gasteiger partial charge on any atom is 0.137 e. The third-order valence-electron chi connectivity index (χ3n) is 2.85. The number of halogens is 1. The molecule has 2 nitrogen and oxygen atoms in total. The van der Waals surface area contributed by atoms with Gasteiger partial charge in [0.1, 0.15) is 18.9 Å². The van der Waals surface area contributed by atoms with Crippen molar-refractivity contribution in [2.75, 3.05) is 26.2 Å². The van der Waals surface area contributed by atoms with Crippen molar-refractivity contribution in [2.45, 2.75) is 12.8 Å². The summed E-state index contributed by atoms with van der Waals surface area (Å²) in [6, 6.07) is 8.03. The normalized spacial score (nSPS) is 16.9. The fourth-order valence-electron chi connectivity index (χ4n) is 1.97. The van der Waals surface area contributed by atoms with E-state index in [1.807, 2.05) is 24.3 Å². The van der Waals surface area contributed by atoms with E-state index in [2.05, 4.69) is 15.9 Å². The molecule has 0 spiro atoms. The Morgan fingerprint density at radius 2 is 1.80 bits per heavy atom. The van der Waals surface area contributed by atoms with Crippen LogP contribution in [0.5, 0.6) is 5.75 Å². The number of quaternary nitrogens is 1. The Morgan fingerprint density at radius 1 is 1.13 bits per heavy atom. The van der Waals surface area contributed by atoms with Gasteiger partial charge in [0.15, 0.2) is 0 Å². The van der Waals surface area contributed by atoms with Crippen LogP contribution in [0.3, 0.4) is 0 Å². The maximum atomic E-state index is 5.68. The van der Waals surface area contributed by atoms with Crippen molar-refractivity contribution in [1.29, 1.82) is 0 Å². The molecule has 82 valence electrons. The smallest absolute Gasteiger partial charge is 0.137 e. The quantitative estimate of drug-likeness (QED) is 0.876. The summed E-state index contributed by atoms with van der Waals surface area (Å²) in [5, 5.41) is 0. The number of benzene rings is 1. The molecule has 0 unspecified atom stereocenters. The molecule has 0 aromatic heterocycles. The van der Waals surface area contributed by atoms with Crippen molar-refractivity contribution in [3.8, 4) is 5.75 Å². The summed E-state index contributed by atoms with van der Waals surface area (Å²) < 4.78 is 6.78. The summed E-state index contributed by atoms with van der Waals surface area (Å²) in [6.07, 6.45) is 2.77. The van der Waals surface area contributed by atoms with Crippen LogP contribution in [0.2, 0.25) is 0 Å². The van der Waals surface area contributed by atoms with Gasteiger partial charge in [-0.25, -0.2) is 0 Å². The van der Waals surface area contributed by atoms with Crippen molar-refractivity contribution < 1.29 is 9.64 Å². The number of rotatable bonds is 4. The minimum atomic E-state index is 0.830. The average molecular weight is 271 g/mol. The summed E-state index contributed by atoms with van der Waals surface area (Å²) in [6.45, 7) is 4.61. The van der Waals surface area contributed by atoms with Gasteiger partial charge in [-0.1, -0.05) is 15.9 Å². The fraction of sp³-hybridized carbons (Fsp3) is 0.500. The van der Waals surface area contributed by atoms with Gasteiger partial charge in [-0.3, -0.25) is 0 Å². The SMILES string of the molecule is Brc1ccc(OCC[NH+]2CCCC2)cc1. The Balaban J connectivity index is 1.71. The van der Waals surface area contributed by atoms with Crippen LogP contribution in [0.1, 0.15) is 12.8 Å². The van der Waals surface area contributed by atoms with Crippen molar-refractivity contribution in [3.63, 3.8) is 0 Å². The van der Waals surface area contributed by atoms with Gasteiger partial charge in [0.05, 0.1) is 13.1 Å². The first kappa shape index (κ1) is 11.0. The van der Waals surface area contributed by atoms with Crippen molar-refractivity contribution in [2.24, 2.45) is 0 Å². The van der Waals surface area contributed by atoms with Gasteiger partial charge < -0.3 is 9.64 Å². The molecule has 0 saturated carbocycles. The zero-order valence-electron chi connectivity index (χ0n) is 8.84. The average Bonchev–Trinajstić information content (AvgIpc) is 2.74. The second-order valence-electron chi connectivity index (χ2n) is 4.01. The highest BCUT2D eigenvalue weighted by Gasteiger charge is 2.14. The number of hydrogen-bond acceptors (Lipinski definition) is 1. The van der Waals surface area contributed by atoms with E-state index in [-0.39, 0.29) is 0 Å². The van der Waals surface area contributed by atoms with Crippen LogP contribution in [0.4, 0.5) is 0 Å². The summed E-state index contributed by atoms with van der Waals surface area (Å²) in [4.78, 5) is 1.69. The molecule has 1 aliphatic heterocycles. The lowest BCUT2D eigenvalue weighted by atomic mass is 10.3. The topological polar surface area (TPSA) is 13.7 Å². The minimum Gasteiger partial charge on any atom is -0.488 e. The summed E-state index contributed by atoms with van der Waals surface area (Å²) in [7, 11) is 0. The van der Waals surface area contributed by atoms with Crippen molar-refractivity contribution in [1.82, 2.24) is 0 Å². The number of likely N-dealkylation sites (tertiary alicyclic amines) is 1. The van der Waals surface area contributed by atoms with Crippen LogP contribution in [0.25, 0.3) is 0 Å². The highest BCUT2D eigenvalue weighted by molar-refractivity contribution is 9.10. The molecule has 1 fully saturated rings. The van der Waals surface area contributed by atoms with Gasteiger partial charge in [0, 0.05) is 17.3 Å². The molecule has 15 heavy (non-hydrogen) atoms. The fourth-order valence-corrected chi connectivity index (χ4v) is 2.23. The maximum absolute atomic E-state index is 5.68. The Kier molecular flexibility index (Phi) is 4.03. The molecule has 3 heteroatoms. The van der Waals surface area contributed by atoms with Crippen LogP contribution < -0.4 is 9.64 Å². The highest BCUT2D eigenvalue weighted by atomic mass is 79.9. The number of ether oxygens (including phenoxy) is 1. The molecule has 1 saturated heterocycles. The lowest BCUT2D eigenvalue weighted by molar-refractivity contribution is -0.887. The van der Waals surface area contributed by atoms with Gasteiger partial charge >= 0.3 is 0 Å². The van der Waals surface area contributed by atoms with Gasteiger partial charge in [-0.05, 0) is 24.3 Å². The molecule has 0 radical (unpaired) electrons. The van der Waals surface area contributed by atoms with Gasteiger partial charge in [-0.2, -0.15) is 0 Å². The second kappa shape index (κ2) is 5.52. The number of hydrogen-bond donors (Lipinski definition) is 1. The minimum absolute atomic E-state index is 0.830. The Labute approximate surface area is 99.4 Å². The Bertz CT molecular complexity index is 293. The van der Waals surface area contributed by atoms with Crippen LogP contribution >= 0.6 is 15.9 Å². The van der Waals surface area contributed by atoms with Crippen molar-refractivity contribution >= 4 is 15.9 Å². The molecule has 0 aliphatic carbocycles. The van der Waals surface area contributed by atoms with Crippen LogP contribution in [-0.2, 0) is 0 Å². The Morgan fingerprint density at radius 3 is 2.47 bits per heavy atom. The molecular weight excluding hydrogens is 254 g/mol. The molecule has 1 aromatic rings. The van der Waals surface area contributed by atoms with Crippen molar-refractivity contribution in [3.05, 3.63) is 28.7 Å². The number of nitrogens with one attached hydrogen (secondary N) is 1. The van der Waals surface area contributed by atoms with Crippen LogP contribution in [0, 0.1) is 0 Å². The third kappa shape index (κ3) is 3.50. The summed E-state index contributed by atoms with van der Waals surface area (Å²) >= 11 is 3.41. The predicted octanol–water partition coefficient (Wildman–Crippen LogP) is 1.51. The molecule has 0 bridgehead atoms. The standard InChI is InChI=1S/C12H16BrNO/c13-11-3-5-12(6-4-11)15-10-9-14-7-1-2-8-14/h3-6H,1-2,7-10H2/p+1. The highest BCUT2D eigenvalue weighted by Crippen LogP contribution is 2.15. The van der Waals surface area contributed by atoms with E-state index in [1.54, 1.807) is 4.90 Å². The molecule has 2 rings (SSSR count). The Hall–Kier alpha value is -0.540. The van der Waals surface area contributed by atoms with Gasteiger partial charge in [-0.15, -0.1) is 0 Å². The molecule has 0 amide bonds. The largest absolute Gasteiger partial charge is 0.488 e. The van der Waals surface area contributed by atoms with E-state index >= 15 is 0 Å². The molecule has 1 N–H and O–H groups in total. The van der Waals surface area contributed by atoms with E-state index < -0.39 is 0 Å². The van der Waals surface area contributed by atoms with E-state index in [1.165, 1.54) is 25.9 Å². The zero-order chi connectivity index (χ0) is 10.5. The summed E-state index contributed by atoms with van der Waals surface area (Å²) in [5.74, 6) is 0.969. The first-order valence-corrected chi connectivity index (χ1v) is 6.36. The van der Waals surface area contributed by atoms with E-state index in [4.69, 9.17) is 4.74 Å². The lowest BCUT2D eigenvalue weighted by Gasteiger charge is -2.12.